The highest BCUT2D eigenvalue weighted by atomic mass is 35.5. The average Bonchev–Trinajstić information content (AvgIpc) is 3.14. The number of nitrogens with one attached hydrogen (secondary N) is 1. The fourth-order valence-corrected chi connectivity index (χ4v) is 4.13. The maximum Gasteiger partial charge on any atom is 0.137 e. The lowest BCUT2D eigenvalue weighted by Gasteiger charge is -2.33. The van der Waals surface area contributed by atoms with Crippen molar-refractivity contribution in [1.29, 1.82) is 0 Å². The van der Waals surface area contributed by atoms with Crippen molar-refractivity contribution in [1.82, 2.24) is 14.9 Å². The van der Waals surface area contributed by atoms with Crippen LogP contribution in [0.2, 0.25) is 5.02 Å². The summed E-state index contributed by atoms with van der Waals surface area (Å²) in [5.41, 5.74) is 3.92. The van der Waals surface area contributed by atoms with E-state index in [1.165, 1.54) is 5.56 Å². The third kappa shape index (κ3) is 3.32. The molecule has 1 atom stereocenters. The first-order chi connectivity index (χ1) is 12.8. The number of hydrazone groups is 1. The standard InChI is InChI=1S/C20H22ClN5/c21-17-11-24-20-16(8-9-23-20)18(17)19(25-22)15-7-4-10-26(13-15)12-14-5-2-1-3-6-14/h1-3,5-6,8-9,11,15H,4,7,10,12-13,22H2,(H,23,24). The summed E-state index contributed by atoms with van der Waals surface area (Å²) >= 11 is 6.49. The van der Waals surface area contributed by atoms with Crippen LogP contribution in [-0.2, 0) is 6.54 Å². The molecule has 134 valence electrons. The summed E-state index contributed by atoms with van der Waals surface area (Å²) in [6.07, 6.45) is 5.72. The number of rotatable bonds is 4. The van der Waals surface area contributed by atoms with E-state index in [1.807, 2.05) is 12.3 Å². The number of halogens is 1. The van der Waals surface area contributed by atoms with Crippen LogP contribution in [0, 0.1) is 5.92 Å². The zero-order valence-corrected chi connectivity index (χ0v) is 15.3. The molecular formula is C20H22ClN5. The van der Waals surface area contributed by atoms with Crippen molar-refractivity contribution in [2.45, 2.75) is 19.4 Å². The fourth-order valence-electron chi connectivity index (χ4n) is 3.88. The molecular weight excluding hydrogens is 346 g/mol. The van der Waals surface area contributed by atoms with Crippen LogP contribution in [-0.4, -0.2) is 33.7 Å². The summed E-state index contributed by atoms with van der Waals surface area (Å²) in [5.74, 6) is 6.10. The van der Waals surface area contributed by atoms with Crippen LogP contribution in [0.5, 0.6) is 0 Å². The predicted molar refractivity (Wildman–Crippen MR) is 106 cm³/mol. The van der Waals surface area contributed by atoms with E-state index in [2.05, 4.69) is 50.3 Å². The van der Waals surface area contributed by atoms with Crippen molar-refractivity contribution in [2.24, 2.45) is 16.9 Å². The third-order valence-corrected chi connectivity index (χ3v) is 5.36. The molecule has 6 heteroatoms. The van der Waals surface area contributed by atoms with Crippen molar-refractivity contribution >= 4 is 28.3 Å². The van der Waals surface area contributed by atoms with Crippen LogP contribution in [0.3, 0.4) is 0 Å². The molecule has 1 aliphatic rings. The lowest BCUT2D eigenvalue weighted by Crippen LogP contribution is -2.39. The number of aromatic nitrogens is 2. The number of hydrogen-bond donors (Lipinski definition) is 2. The number of fused-ring (bicyclic) bond motifs is 1. The van der Waals surface area contributed by atoms with Gasteiger partial charge >= 0.3 is 0 Å². The Morgan fingerprint density at radius 1 is 1.31 bits per heavy atom. The molecule has 3 aromatic rings. The van der Waals surface area contributed by atoms with Crippen LogP contribution in [0.1, 0.15) is 24.0 Å². The summed E-state index contributed by atoms with van der Waals surface area (Å²) in [6, 6.07) is 12.6. The molecule has 26 heavy (non-hydrogen) atoms. The molecule has 1 saturated heterocycles. The molecule has 1 aliphatic heterocycles. The zero-order valence-electron chi connectivity index (χ0n) is 14.5. The van der Waals surface area contributed by atoms with Gasteiger partial charge in [-0.2, -0.15) is 5.10 Å². The Morgan fingerprint density at radius 3 is 2.96 bits per heavy atom. The van der Waals surface area contributed by atoms with E-state index in [0.29, 0.717) is 5.02 Å². The van der Waals surface area contributed by atoms with Crippen molar-refractivity contribution in [2.75, 3.05) is 13.1 Å². The van der Waals surface area contributed by atoms with Gasteiger partial charge in [-0.15, -0.1) is 0 Å². The molecule has 4 rings (SSSR count). The van der Waals surface area contributed by atoms with Crippen LogP contribution >= 0.6 is 11.6 Å². The van der Waals surface area contributed by atoms with E-state index in [0.717, 1.165) is 54.8 Å². The number of nitrogens with zero attached hydrogens (tertiary/aromatic N) is 3. The summed E-state index contributed by atoms with van der Waals surface area (Å²) in [5, 5.41) is 5.75. The van der Waals surface area contributed by atoms with E-state index in [-0.39, 0.29) is 5.92 Å². The topological polar surface area (TPSA) is 70.3 Å². The Morgan fingerprint density at radius 2 is 2.15 bits per heavy atom. The monoisotopic (exact) mass is 367 g/mol. The minimum absolute atomic E-state index is 0.260. The van der Waals surface area contributed by atoms with Gasteiger partial charge in [-0.05, 0) is 31.0 Å². The summed E-state index contributed by atoms with van der Waals surface area (Å²) in [4.78, 5) is 9.95. The van der Waals surface area contributed by atoms with Crippen molar-refractivity contribution in [3.63, 3.8) is 0 Å². The number of hydrogen-bond acceptors (Lipinski definition) is 4. The molecule has 0 saturated carbocycles. The van der Waals surface area contributed by atoms with Gasteiger partial charge in [-0.3, -0.25) is 4.90 Å². The first kappa shape index (κ1) is 17.1. The Hall–Kier alpha value is -2.37. The molecule has 0 bridgehead atoms. The minimum Gasteiger partial charge on any atom is -0.346 e. The number of likely N-dealkylation sites (tertiary alicyclic amines) is 1. The predicted octanol–water partition coefficient (Wildman–Crippen LogP) is 3.79. The normalized spacial score (nSPS) is 19.1. The van der Waals surface area contributed by atoms with Crippen molar-refractivity contribution in [3.8, 4) is 0 Å². The molecule has 3 heterocycles. The van der Waals surface area contributed by atoms with E-state index in [9.17, 15) is 0 Å². The lowest BCUT2D eigenvalue weighted by molar-refractivity contribution is 0.197. The average molecular weight is 368 g/mol. The lowest BCUT2D eigenvalue weighted by atomic mass is 9.88. The first-order valence-electron chi connectivity index (χ1n) is 8.92. The number of H-pyrrole nitrogens is 1. The largest absolute Gasteiger partial charge is 0.346 e. The number of benzene rings is 1. The third-order valence-electron chi connectivity index (χ3n) is 5.08. The van der Waals surface area contributed by atoms with E-state index in [1.54, 1.807) is 6.20 Å². The first-order valence-corrected chi connectivity index (χ1v) is 9.30. The zero-order chi connectivity index (χ0) is 17.9. The molecule has 0 aliphatic carbocycles. The Bertz CT molecular complexity index is 918. The molecule has 2 aromatic heterocycles. The number of aromatic amines is 1. The van der Waals surface area contributed by atoms with E-state index >= 15 is 0 Å². The van der Waals surface area contributed by atoms with Gasteiger partial charge in [-0.25, -0.2) is 4.98 Å². The molecule has 3 N–H and O–H groups in total. The summed E-state index contributed by atoms with van der Waals surface area (Å²) in [7, 11) is 0. The molecule has 1 unspecified atom stereocenters. The van der Waals surface area contributed by atoms with E-state index in [4.69, 9.17) is 17.4 Å². The van der Waals surface area contributed by atoms with Gasteiger partial charge in [0.25, 0.3) is 0 Å². The smallest absolute Gasteiger partial charge is 0.137 e. The second-order valence-corrected chi connectivity index (χ2v) is 7.20. The van der Waals surface area contributed by atoms with Crippen molar-refractivity contribution < 1.29 is 0 Å². The second-order valence-electron chi connectivity index (χ2n) is 6.80. The molecule has 1 aromatic carbocycles. The van der Waals surface area contributed by atoms with Crippen molar-refractivity contribution in [3.05, 3.63) is 64.9 Å². The van der Waals surface area contributed by atoms with Gasteiger partial charge in [0, 0.05) is 42.4 Å². The number of nitrogens with two attached hydrogens (primary N) is 1. The van der Waals surface area contributed by atoms with Gasteiger partial charge in [0.15, 0.2) is 0 Å². The van der Waals surface area contributed by atoms with E-state index < -0.39 is 0 Å². The van der Waals surface area contributed by atoms with Gasteiger partial charge in [0.2, 0.25) is 0 Å². The quantitative estimate of drug-likeness (QED) is 0.418. The molecule has 0 spiro atoms. The molecule has 0 radical (unpaired) electrons. The summed E-state index contributed by atoms with van der Waals surface area (Å²) in [6.45, 7) is 2.96. The number of pyridine rings is 1. The number of piperidine rings is 1. The molecule has 0 amide bonds. The fraction of sp³-hybridized carbons (Fsp3) is 0.300. The van der Waals surface area contributed by atoms with Crippen LogP contribution in [0.25, 0.3) is 11.0 Å². The Balaban J connectivity index is 1.60. The SMILES string of the molecule is NN=C(c1c(Cl)cnc2[nH]ccc12)C1CCCN(Cc2ccccc2)C1. The van der Waals surface area contributed by atoms with Gasteiger partial charge in [0.05, 0.1) is 10.7 Å². The van der Waals surface area contributed by atoms with Gasteiger partial charge in [0.1, 0.15) is 5.65 Å². The van der Waals surface area contributed by atoms with Gasteiger partial charge in [-0.1, -0.05) is 41.9 Å². The van der Waals surface area contributed by atoms with Crippen LogP contribution in [0.4, 0.5) is 0 Å². The highest BCUT2D eigenvalue weighted by molar-refractivity contribution is 6.36. The minimum atomic E-state index is 0.260. The maximum atomic E-state index is 6.49. The van der Waals surface area contributed by atoms with Crippen LogP contribution < -0.4 is 5.84 Å². The maximum absolute atomic E-state index is 6.49. The highest BCUT2D eigenvalue weighted by Crippen LogP contribution is 2.30. The molecule has 1 fully saturated rings. The highest BCUT2D eigenvalue weighted by Gasteiger charge is 2.28. The Kier molecular flexibility index (Phi) is 4.91. The summed E-state index contributed by atoms with van der Waals surface area (Å²) < 4.78 is 0. The molecule has 5 nitrogen and oxygen atoms in total. The second kappa shape index (κ2) is 7.48. The Labute approximate surface area is 157 Å². The van der Waals surface area contributed by atoms with Gasteiger partial charge < -0.3 is 10.8 Å². The van der Waals surface area contributed by atoms with Crippen LogP contribution in [0.15, 0.2) is 53.9 Å².